The molecule has 0 saturated heterocycles. The minimum Gasteiger partial charge on any atom is -0.489 e. The SMILES string of the molecule is C=CCOc1ccccc1/C=c1/sc2n(c1=O)C(c1ccc3c(c1)OCO3)C(C(=O)OCC)=C(c1ccccc1)N=2. The van der Waals surface area contributed by atoms with Crippen molar-refractivity contribution in [3.63, 3.8) is 0 Å². The minimum atomic E-state index is -0.815. The predicted octanol–water partition coefficient (Wildman–Crippen LogP) is 4.23. The standard InChI is InChI=1S/C32H26N2O6S/c1-3-16-38-23-13-9-8-12-21(23)18-26-30(35)34-29(22-14-15-24-25(17-22)40-19-39-24)27(31(36)37-4-2)28(33-32(34)41-26)20-10-6-5-7-11-20/h3,5-15,17-18,29H,1,4,16,19H2,2H3/b26-18+. The smallest absolute Gasteiger partial charge is 0.338 e. The highest BCUT2D eigenvalue weighted by Crippen LogP contribution is 2.40. The van der Waals surface area contributed by atoms with Gasteiger partial charge in [-0.1, -0.05) is 78.6 Å². The molecule has 3 aromatic carbocycles. The van der Waals surface area contributed by atoms with Crippen LogP contribution in [0.15, 0.2) is 101 Å². The third-order valence-corrected chi connectivity index (χ3v) is 7.63. The van der Waals surface area contributed by atoms with Crippen LogP contribution in [-0.4, -0.2) is 30.5 Å². The molecular formula is C32H26N2O6S. The lowest BCUT2D eigenvalue weighted by molar-refractivity contribution is -0.138. The van der Waals surface area contributed by atoms with Crippen LogP contribution in [0.5, 0.6) is 17.2 Å². The van der Waals surface area contributed by atoms with Crippen molar-refractivity contribution in [3.05, 3.63) is 127 Å². The van der Waals surface area contributed by atoms with Gasteiger partial charge >= 0.3 is 5.97 Å². The second-order valence-electron chi connectivity index (χ2n) is 9.18. The maximum atomic E-state index is 14.1. The lowest BCUT2D eigenvalue weighted by Crippen LogP contribution is -2.40. The summed E-state index contributed by atoms with van der Waals surface area (Å²) in [4.78, 5) is 33.1. The van der Waals surface area contributed by atoms with E-state index < -0.39 is 12.0 Å². The summed E-state index contributed by atoms with van der Waals surface area (Å²) in [6.45, 7) is 6.07. The monoisotopic (exact) mass is 566 g/mol. The number of carbonyl (C=O) groups excluding carboxylic acids is 1. The van der Waals surface area contributed by atoms with Crippen molar-refractivity contribution in [2.45, 2.75) is 13.0 Å². The number of rotatable bonds is 8. The number of nitrogens with zero attached hydrogens (tertiary/aromatic N) is 2. The topological polar surface area (TPSA) is 88.3 Å². The molecule has 2 aliphatic rings. The van der Waals surface area contributed by atoms with Crippen LogP contribution in [0, 0.1) is 0 Å². The van der Waals surface area contributed by atoms with E-state index in [4.69, 9.17) is 23.9 Å². The van der Waals surface area contributed by atoms with Gasteiger partial charge in [0.15, 0.2) is 16.3 Å². The van der Waals surface area contributed by atoms with Crippen molar-refractivity contribution < 1.29 is 23.7 Å². The Morgan fingerprint density at radius 3 is 2.68 bits per heavy atom. The average molecular weight is 567 g/mol. The summed E-state index contributed by atoms with van der Waals surface area (Å²) < 4.78 is 24.5. The fraction of sp³-hybridized carbons (Fsp3) is 0.156. The number of esters is 1. The molecule has 3 heterocycles. The van der Waals surface area contributed by atoms with Gasteiger partial charge in [-0.3, -0.25) is 9.36 Å². The summed E-state index contributed by atoms with van der Waals surface area (Å²) in [5.74, 6) is 1.22. The van der Waals surface area contributed by atoms with Gasteiger partial charge < -0.3 is 18.9 Å². The number of fused-ring (bicyclic) bond motifs is 2. The molecular weight excluding hydrogens is 540 g/mol. The first kappa shape index (κ1) is 26.3. The Morgan fingerprint density at radius 2 is 1.88 bits per heavy atom. The van der Waals surface area contributed by atoms with E-state index in [-0.39, 0.29) is 24.5 Å². The molecule has 9 heteroatoms. The molecule has 0 N–H and O–H groups in total. The molecule has 1 aromatic heterocycles. The van der Waals surface area contributed by atoms with E-state index >= 15 is 0 Å². The zero-order chi connectivity index (χ0) is 28.3. The first-order chi connectivity index (χ1) is 20.1. The van der Waals surface area contributed by atoms with Crippen LogP contribution in [0.4, 0.5) is 0 Å². The average Bonchev–Trinajstić information content (AvgIpc) is 3.60. The molecule has 206 valence electrons. The Kier molecular flexibility index (Phi) is 7.26. The van der Waals surface area contributed by atoms with Crippen LogP contribution in [0.25, 0.3) is 11.8 Å². The van der Waals surface area contributed by atoms with Crippen LogP contribution >= 0.6 is 11.3 Å². The largest absolute Gasteiger partial charge is 0.489 e. The molecule has 1 atom stereocenters. The van der Waals surface area contributed by atoms with Gasteiger partial charge in [0.1, 0.15) is 12.4 Å². The Labute approximate surface area is 239 Å². The normalized spacial score (nSPS) is 15.7. The van der Waals surface area contributed by atoms with Gasteiger partial charge in [-0.2, -0.15) is 0 Å². The number of hydrogen-bond donors (Lipinski definition) is 0. The highest BCUT2D eigenvalue weighted by molar-refractivity contribution is 7.07. The molecule has 4 aromatic rings. The van der Waals surface area contributed by atoms with Crippen molar-refractivity contribution in [1.82, 2.24) is 4.57 Å². The fourth-order valence-electron chi connectivity index (χ4n) is 4.86. The van der Waals surface area contributed by atoms with E-state index in [9.17, 15) is 9.59 Å². The van der Waals surface area contributed by atoms with Crippen molar-refractivity contribution in [1.29, 1.82) is 0 Å². The molecule has 0 aliphatic carbocycles. The van der Waals surface area contributed by atoms with Gasteiger partial charge in [-0.15, -0.1) is 0 Å². The Morgan fingerprint density at radius 1 is 1.10 bits per heavy atom. The molecule has 41 heavy (non-hydrogen) atoms. The summed E-state index contributed by atoms with van der Waals surface area (Å²) in [6, 6.07) is 21.5. The van der Waals surface area contributed by atoms with Gasteiger partial charge in [-0.05, 0) is 36.8 Å². The minimum absolute atomic E-state index is 0.102. The summed E-state index contributed by atoms with van der Waals surface area (Å²) in [5.41, 5.74) is 2.58. The van der Waals surface area contributed by atoms with E-state index in [1.807, 2.05) is 60.7 Å². The molecule has 0 fully saturated rings. The number of thiazole rings is 1. The summed E-state index contributed by atoms with van der Waals surface area (Å²) in [6.07, 6.45) is 3.45. The quantitative estimate of drug-likeness (QED) is 0.234. The van der Waals surface area contributed by atoms with Crippen molar-refractivity contribution in [2.75, 3.05) is 20.0 Å². The van der Waals surface area contributed by atoms with E-state index in [0.717, 1.165) is 11.1 Å². The summed E-state index contributed by atoms with van der Waals surface area (Å²) >= 11 is 1.25. The van der Waals surface area contributed by atoms with Gasteiger partial charge in [-0.25, -0.2) is 9.79 Å². The van der Waals surface area contributed by atoms with Gasteiger partial charge in [0, 0.05) is 11.1 Å². The highest BCUT2D eigenvalue weighted by atomic mass is 32.1. The van der Waals surface area contributed by atoms with Crippen molar-refractivity contribution >= 4 is 29.1 Å². The van der Waals surface area contributed by atoms with Crippen molar-refractivity contribution in [2.24, 2.45) is 4.99 Å². The Bertz CT molecular complexity index is 1850. The molecule has 0 saturated carbocycles. The molecule has 1 unspecified atom stereocenters. The number of para-hydroxylation sites is 1. The van der Waals surface area contributed by atoms with E-state index in [0.29, 0.717) is 44.4 Å². The Balaban J connectivity index is 1.62. The highest BCUT2D eigenvalue weighted by Gasteiger charge is 2.36. The maximum Gasteiger partial charge on any atom is 0.338 e. The third kappa shape index (κ3) is 4.96. The van der Waals surface area contributed by atoms with Crippen LogP contribution in [0.2, 0.25) is 0 Å². The van der Waals surface area contributed by atoms with Crippen LogP contribution < -0.4 is 29.1 Å². The zero-order valence-electron chi connectivity index (χ0n) is 22.2. The van der Waals surface area contributed by atoms with Crippen molar-refractivity contribution in [3.8, 4) is 17.2 Å². The zero-order valence-corrected chi connectivity index (χ0v) is 23.1. The van der Waals surface area contributed by atoms with Gasteiger partial charge in [0.05, 0.1) is 28.5 Å². The second-order valence-corrected chi connectivity index (χ2v) is 10.2. The number of carbonyl (C=O) groups is 1. The molecule has 0 bridgehead atoms. The van der Waals surface area contributed by atoms with Crippen LogP contribution in [0.3, 0.4) is 0 Å². The first-order valence-electron chi connectivity index (χ1n) is 13.1. The molecule has 0 amide bonds. The third-order valence-electron chi connectivity index (χ3n) is 6.65. The molecule has 6 rings (SSSR count). The summed E-state index contributed by atoms with van der Waals surface area (Å²) in [5, 5.41) is 0. The van der Waals surface area contributed by atoms with E-state index in [1.165, 1.54) is 11.3 Å². The maximum absolute atomic E-state index is 14.1. The lowest BCUT2D eigenvalue weighted by Gasteiger charge is -2.26. The summed E-state index contributed by atoms with van der Waals surface area (Å²) in [7, 11) is 0. The number of benzene rings is 3. The Hall–Kier alpha value is -4.89. The lowest BCUT2D eigenvalue weighted by atomic mass is 9.93. The molecule has 2 aliphatic heterocycles. The second kappa shape index (κ2) is 11.3. The van der Waals surface area contributed by atoms with E-state index in [1.54, 1.807) is 35.8 Å². The van der Waals surface area contributed by atoms with Gasteiger partial charge in [0.25, 0.3) is 5.56 Å². The first-order valence-corrected chi connectivity index (χ1v) is 13.9. The predicted molar refractivity (Wildman–Crippen MR) is 156 cm³/mol. The molecule has 0 spiro atoms. The number of ether oxygens (including phenoxy) is 4. The van der Waals surface area contributed by atoms with Crippen LogP contribution in [0.1, 0.15) is 29.7 Å². The van der Waals surface area contributed by atoms with Crippen LogP contribution in [-0.2, 0) is 9.53 Å². The van der Waals surface area contributed by atoms with Gasteiger partial charge in [0.2, 0.25) is 6.79 Å². The number of hydrogen-bond acceptors (Lipinski definition) is 8. The molecule has 0 radical (unpaired) electrons. The fourth-order valence-corrected chi connectivity index (χ4v) is 5.85. The number of aromatic nitrogens is 1. The molecule has 8 nitrogen and oxygen atoms in total. The van der Waals surface area contributed by atoms with E-state index in [2.05, 4.69) is 6.58 Å².